The Morgan fingerprint density at radius 1 is 1.60 bits per heavy atom. The van der Waals surface area contributed by atoms with Gasteiger partial charge in [0.15, 0.2) is 0 Å². The van der Waals surface area contributed by atoms with E-state index in [-0.39, 0.29) is 5.91 Å². The van der Waals surface area contributed by atoms with Gasteiger partial charge in [0, 0.05) is 12.7 Å². The van der Waals surface area contributed by atoms with Crippen LogP contribution < -0.4 is 5.32 Å². The van der Waals surface area contributed by atoms with Gasteiger partial charge in [-0.15, -0.1) is 16.4 Å². The van der Waals surface area contributed by atoms with Gasteiger partial charge < -0.3 is 5.32 Å². The van der Waals surface area contributed by atoms with Gasteiger partial charge in [0.05, 0.1) is 17.6 Å². The summed E-state index contributed by atoms with van der Waals surface area (Å²) < 4.78 is 1.68. The highest BCUT2D eigenvalue weighted by molar-refractivity contribution is 7.12. The zero-order chi connectivity index (χ0) is 10.5. The van der Waals surface area contributed by atoms with Crippen LogP contribution in [0.25, 0.3) is 0 Å². The lowest BCUT2D eigenvalue weighted by molar-refractivity contribution is 0.0956. The summed E-state index contributed by atoms with van der Waals surface area (Å²) in [6, 6.07) is 3.66. The summed E-state index contributed by atoms with van der Waals surface area (Å²) in [4.78, 5) is 12.2. The monoisotopic (exact) mass is 222 g/mol. The van der Waals surface area contributed by atoms with Crippen LogP contribution in [0.5, 0.6) is 0 Å². The van der Waals surface area contributed by atoms with Gasteiger partial charge in [-0.2, -0.15) is 0 Å². The molecule has 0 bridgehead atoms. The van der Waals surface area contributed by atoms with Crippen LogP contribution in [0.15, 0.2) is 29.9 Å². The molecule has 0 fully saturated rings. The van der Waals surface area contributed by atoms with E-state index in [0.717, 1.165) is 4.88 Å². The first-order valence-corrected chi connectivity index (χ1v) is 5.40. The molecule has 2 aromatic rings. The van der Waals surface area contributed by atoms with Crippen LogP contribution in [0.3, 0.4) is 0 Å². The van der Waals surface area contributed by atoms with Crippen molar-refractivity contribution in [1.82, 2.24) is 20.3 Å². The van der Waals surface area contributed by atoms with Crippen molar-refractivity contribution in [2.24, 2.45) is 0 Å². The molecule has 2 rings (SSSR count). The first-order chi connectivity index (χ1) is 7.36. The SMILES string of the molecule is O=C(NCCn1ccnn1)c1cccs1. The summed E-state index contributed by atoms with van der Waals surface area (Å²) in [7, 11) is 0. The van der Waals surface area contributed by atoms with E-state index >= 15 is 0 Å². The second-order valence-corrected chi connectivity index (χ2v) is 3.85. The van der Waals surface area contributed by atoms with Crippen LogP contribution in [0, 0.1) is 0 Å². The van der Waals surface area contributed by atoms with Gasteiger partial charge in [0.25, 0.3) is 5.91 Å². The maximum absolute atomic E-state index is 11.5. The smallest absolute Gasteiger partial charge is 0.261 e. The zero-order valence-corrected chi connectivity index (χ0v) is 8.78. The Hall–Kier alpha value is -1.69. The Kier molecular flexibility index (Phi) is 3.08. The molecular weight excluding hydrogens is 212 g/mol. The fraction of sp³-hybridized carbons (Fsp3) is 0.222. The van der Waals surface area contributed by atoms with Crippen LogP contribution in [-0.2, 0) is 6.54 Å². The van der Waals surface area contributed by atoms with E-state index in [1.165, 1.54) is 11.3 Å². The van der Waals surface area contributed by atoms with Crippen molar-refractivity contribution in [3.05, 3.63) is 34.8 Å². The fourth-order valence-corrected chi connectivity index (χ4v) is 1.77. The minimum atomic E-state index is -0.0369. The number of thiophene rings is 1. The molecule has 2 aromatic heterocycles. The van der Waals surface area contributed by atoms with Crippen LogP contribution in [0.1, 0.15) is 9.67 Å². The average molecular weight is 222 g/mol. The molecule has 1 amide bonds. The van der Waals surface area contributed by atoms with E-state index in [1.54, 1.807) is 23.1 Å². The summed E-state index contributed by atoms with van der Waals surface area (Å²) >= 11 is 1.43. The Bertz CT molecular complexity index is 409. The maximum atomic E-state index is 11.5. The number of aromatic nitrogens is 3. The van der Waals surface area contributed by atoms with Gasteiger partial charge in [0.1, 0.15) is 0 Å². The predicted octanol–water partition coefficient (Wildman–Crippen LogP) is 0.770. The molecule has 15 heavy (non-hydrogen) atoms. The Morgan fingerprint density at radius 2 is 2.53 bits per heavy atom. The van der Waals surface area contributed by atoms with Crippen LogP contribution in [0.4, 0.5) is 0 Å². The standard InChI is InChI=1S/C9H10N4OS/c14-9(8-2-1-7-15-8)10-3-5-13-6-4-11-12-13/h1-2,4,6-7H,3,5H2,(H,10,14). The minimum absolute atomic E-state index is 0.0369. The number of rotatable bonds is 4. The molecule has 0 aromatic carbocycles. The second-order valence-electron chi connectivity index (χ2n) is 2.90. The summed E-state index contributed by atoms with van der Waals surface area (Å²) in [5.41, 5.74) is 0. The van der Waals surface area contributed by atoms with Crippen molar-refractivity contribution in [1.29, 1.82) is 0 Å². The van der Waals surface area contributed by atoms with Gasteiger partial charge in [0.2, 0.25) is 0 Å². The Morgan fingerprint density at radius 3 is 3.20 bits per heavy atom. The number of nitrogens with zero attached hydrogens (tertiary/aromatic N) is 3. The van der Waals surface area contributed by atoms with E-state index in [1.807, 2.05) is 11.4 Å². The van der Waals surface area contributed by atoms with Crippen molar-refractivity contribution in [2.75, 3.05) is 6.54 Å². The van der Waals surface area contributed by atoms with Gasteiger partial charge in [-0.25, -0.2) is 0 Å². The van der Waals surface area contributed by atoms with Crippen molar-refractivity contribution >= 4 is 17.2 Å². The number of carbonyl (C=O) groups excluding carboxylic acids is 1. The lowest BCUT2D eigenvalue weighted by atomic mass is 10.4. The molecule has 5 nitrogen and oxygen atoms in total. The van der Waals surface area contributed by atoms with E-state index in [2.05, 4.69) is 15.6 Å². The molecule has 6 heteroatoms. The number of hydrogen-bond donors (Lipinski definition) is 1. The molecule has 1 N–H and O–H groups in total. The molecule has 0 saturated heterocycles. The number of nitrogens with one attached hydrogen (secondary N) is 1. The molecule has 0 saturated carbocycles. The molecule has 0 aliphatic rings. The van der Waals surface area contributed by atoms with Crippen molar-refractivity contribution < 1.29 is 4.79 Å². The molecule has 0 aliphatic heterocycles. The molecular formula is C9H10N4OS. The van der Waals surface area contributed by atoms with Gasteiger partial charge in [-0.05, 0) is 11.4 Å². The largest absolute Gasteiger partial charge is 0.349 e. The molecule has 0 radical (unpaired) electrons. The first-order valence-electron chi connectivity index (χ1n) is 4.52. The van der Waals surface area contributed by atoms with Crippen molar-refractivity contribution in [3.8, 4) is 0 Å². The lowest BCUT2D eigenvalue weighted by Crippen LogP contribution is -2.26. The van der Waals surface area contributed by atoms with Crippen LogP contribution in [-0.4, -0.2) is 27.4 Å². The number of amides is 1. The second kappa shape index (κ2) is 4.70. The third-order valence-corrected chi connectivity index (χ3v) is 2.71. The third-order valence-electron chi connectivity index (χ3n) is 1.84. The molecule has 0 spiro atoms. The van der Waals surface area contributed by atoms with Crippen molar-refractivity contribution in [2.45, 2.75) is 6.54 Å². The maximum Gasteiger partial charge on any atom is 0.261 e. The molecule has 0 unspecified atom stereocenters. The average Bonchev–Trinajstić information content (AvgIpc) is 2.90. The summed E-state index contributed by atoms with van der Waals surface area (Å²) in [6.45, 7) is 1.19. The quantitative estimate of drug-likeness (QED) is 0.831. The first kappa shape index (κ1) is 9.85. The topological polar surface area (TPSA) is 59.8 Å². The van der Waals surface area contributed by atoms with Crippen LogP contribution in [0.2, 0.25) is 0 Å². The van der Waals surface area contributed by atoms with Crippen molar-refractivity contribution in [3.63, 3.8) is 0 Å². The summed E-state index contributed by atoms with van der Waals surface area (Å²) in [6.07, 6.45) is 3.37. The molecule has 0 atom stereocenters. The minimum Gasteiger partial charge on any atom is -0.349 e. The van der Waals surface area contributed by atoms with Gasteiger partial charge >= 0.3 is 0 Å². The van der Waals surface area contributed by atoms with E-state index < -0.39 is 0 Å². The zero-order valence-electron chi connectivity index (χ0n) is 7.96. The normalized spacial score (nSPS) is 10.1. The van der Waals surface area contributed by atoms with E-state index in [4.69, 9.17) is 0 Å². The molecule has 0 aliphatic carbocycles. The number of hydrogen-bond acceptors (Lipinski definition) is 4. The lowest BCUT2D eigenvalue weighted by Gasteiger charge is -2.02. The van der Waals surface area contributed by atoms with Crippen LogP contribution >= 0.6 is 11.3 Å². The Balaban J connectivity index is 1.77. The third kappa shape index (κ3) is 2.63. The number of carbonyl (C=O) groups is 1. The summed E-state index contributed by atoms with van der Waals surface area (Å²) in [5, 5.41) is 12.2. The van der Waals surface area contributed by atoms with E-state index in [0.29, 0.717) is 13.1 Å². The summed E-state index contributed by atoms with van der Waals surface area (Å²) in [5.74, 6) is -0.0369. The highest BCUT2D eigenvalue weighted by atomic mass is 32.1. The van der Waals surface area contributed by atoms with E-state index in [9.17, 15) is 4.79 Å². The molecule has 2 heterocycles. The highest BCUT2D eigenvalue weighted by Crippen LogP contribution is 2.07. The molecule has 78 valence electrons. The highest BCUT2D eigenvalue weighted by Gasteiger charge is 2.04. The predicted molar refractivity (Wildman–Crippen MR) is 56.7 cm³/mol. The van der Waals surface area contributed by atoms with Gasteiger partial charge in [-0.3, -0.25) is 9.48 Å². The van der Waals surface area contributed by atoms with Gasteiger partial charge in [-0.1, -0.05) is 11.3 Å². The fourth-order valence-electron chi connectivity index (χ4n) is 1.13. The Labute approximate surface area is 90.7 Å².